The number of sulfonamides is 2. The molecule has 5 N–H and O–H groups in total. The SMILES string of the molecule is CN=COc1[nH]n(CCC(=O)NS(C)(=O)=O)c(=O)c1C=C=Cc1c(C(=O)NC)[nH]n(CCC(=O)NS(C)(=O)=O)c1=O. The molecule has 2 rings (SSSR count). The molecule has 0 radical (unpaired) electrons. The monoisotopic (exact) mass is 616 g/mol. The van der Waals surface area contributed by atoms with Gasteiger partial charge in [0.1, 0.15) is 11.3 Å². The van der Waals surface area contributed by atoms with E-state index >= 15 is 0 Å². The first-order valence-electron chi connectivity index (χ1n) is 11.4. The zero-order valence-corrected chi connectivity index (χ0v) is 23.9. The van der Waals surface area contributed by atoms with Gasteiger partial charge in [0.2, 0.25) is 37.7 Å². The van der Waals surface area contributed by atoms with Crippen LogP contribution in [0.1, 0.15) is 34.5 Å². The second-order valence-electron chi connectivity index (χ2n) is 8.28. The Morgan fingerprint density at radius 1 is 0.902 bits per heavy atom. The van der Waals surface area contributed by atoms with Gasteiger partial charge >= 0.3 is 0 Å². The van der Waals surface area contributed by atoms with E-state index in [9.17, 15) is 40.8 Å². The normalized spacial score (nSPS) is 11.5. The lowest BCUT2D eigenvalue weighted by molar-refractivity contribution is -0.120. The number of hydrogen-bond donors (Lipinski definition) is 5. The van der Waals surface area contributed by atoms with Crippen LogP contribution in [0.25, 0.3) is 12.2 Å². The van der Waals surface area contributed by atoms with Crippen LogP contribution >= 0.6 is 0 Å². The Morgan fingerprint density at radius 3 is 1.88 bits per heavy atom. The van der Waals surface area contributed by atoms with E-state index in [4.69, 9.17) is 4.74 Å². The van der Waals surface area contributed by atoms with Crippen LogP contribution in [-0.2, 0) is 42.7 Å². The van der Waals surface area contributed by atoms with Gasteiger partial charge in [0, 0.05) is 26.9 Å². The summed E-state index contributed by atoms with van der Waals surface area (Å²) in [7, 11) is -4.86. The highest BCUT2D eigenvalue weighted by Crippen LogP contribution is 2.13. The Hall–Kier alpha value is -4.68. The fourth-order valence-corrected chi connectivity index (χ4v) is 4.23. The molecule has 0 fully saturated rings. The molecule has 0 saturated heterocycles. The molecule has 2 aromatic heterocycles. The minimum absolute atomic E-state index is 0.111. The number of hydrogen-bond acceptors (Lipinski definition) is 11. The Kier molecular flexibility index (Phi) is 10.8. The van der Waals surface area contributed by atoms with Crippen LogP contribution in [0.3, 0.4) is 0 Å². The Bertz CT molecular complexity index is 1750. The number of carbonyl (C=O) groups is 3. The lowest BCUT2D eigenvalue weighted by Crippen LogP contribution is -2.31. The molecule has 18 nitrogen and oxygen atoms in total. The Labute approximate surface area is 233 Å². The van der Waals surface area contributed by atoms with Crippen LogP contribution in [0.2, 0.25) is 0 Å². The van der Waals surface area contributed by atoms with Gasteiger partial charge in [-0.25, -0.2) is 21.5 Å². The first-order valence-corrected chi connectivity index (χ1v) is 15.2. The van der Waals surface area contributed by atoms with E-state index in [1.165, 1.54) is 14.1 Å². The van der Waals surface area contributed by atoms with Crippen molar-refractivity contribution in [3.8, 4) is 5.88 Å². The van der Waals surface area contributed by atoms with Crippen molar-refractivity contribution in [2.75, 3.05) is 26.6 Å². The number of carbonyl (C=O) groups excluding carboxylic acids is 3. The number of aromatic nitrogens is 4. The number of aliphatic imine (C=N–C) groups is 1. The van der Waals surface area contributed by atoms with Crippen LogP contribution in [0.5, 0.6) is 5.88 Å². The van der Waals surface area contributed by atoms with Gasteiger partial charge in [0.05, 0.1) is 31.2 Å². The molecule has 0 aliphatic rings. The van der Waals surface area contributed by atoms with Crippen LogP contribution in [0, 0.1) is 0 Å². The van der Waals surface area contributed by atoms with E-state index in [0.29, 0.717) is 0 Å². The van der Waals surface area contributed by atoms with Crippen LogP contribution in [-0.4, -0.2) is 87.1 Å². The zero-order valence-electron chi connectivity index (χ0n) is 22.3. The molecule has 0 saturated carbocycles. The summed E-state index contributed by atoms with van der Waals surface area (Å²) in [6.45, 7) is -0.529. The first-order chi connectivity index (χ1) is 19.1. The third-order valence-electron chi connectivity index (χ3n) is 4.86. The van der Waals surface area contributed by atoms with Crippen molar-refractivity contribution in [3.05, 3.63) is 43.3 Å². The first kappa shape index (κ1) is 32.5. The van der Waals surface area contributed by atoms with Gasteiger partial charge in [-0.3, -0.25) is 53.3 Å². The highest BCUT2D eigenvalue weighted by atomic mass is 32.2. The number of nitrogens with zero attached hydrogens (tertiary/aromatic N) is 3. The molecule has 20 heteroatoms. The fourth-order valence-electron chi connectivity index (χ4n) is 3.19. The third kappa shape index (κ3) is 9.78. The lowest BCUT2D eigenvalue weighted by Gasteiger charge is -2.03. The highest BCUT2D eigenvalue weighted by molar-refractivity contribution is 7.89. The summed E-state index contributed by atoms with van der Waals surface area (Å²) in [5.74, 6) is -2.51. The number of ether oxygens (including phenoxy) is 1. The fraction of sp³-hybridized carbons (Fsp3) is 0.381. The maximum absolute atomic E-state index is 12.9. The number of amides is 3. The number of H-pyrrole nitrogens is 2. The summed E-state index contributed by atoms with van der Waals surface area (Å²) < 4.78 is 55.5. The van der Waals surface area contributed by atoms with Gasteiger partial charge in [-0.05, 0) is 12.2 Å². The molecular weight excluding hydrogens is 588 g/mol. The van der Waals surface area contributed by atoms with E-state index in [1.807, 2.05) is 0 Å². The van der Waals surface area contributed by atoms with Crippen LogP contribution in [0.15, 0.2) is 20.3 Å². The van der Waals surface area contributed by atoms with E-state index in [0.717, 1.165) is 40.4 Å². The molecule has 3 amide bonds. The number of rotatable bonds is 13. The molecule has 2 aromatic rings. The summed E-state index contributed by atoms with van der Waals surface area (Å²) in [6, 6.07) is 0. The summed E-state index contributed by atoms with van der Waals surface area (Å²) in [5.41, 5.74) is 0.696. The predicted molar refractivity (Wildman–Crippen MR) is 146 cm³/mol. The number of aryl methyl sites for hydroxylation is 2. The van der Waals surface area contributed by atoms with Crippen molar-refractivity contribution in [2.45, 2.75) is 25.9 Å². The molecule has 0 aromatic carbocycles. The van der Waals surface area contributed by atoms with Crippen LogP contribution in [0.4, 0.5) is 0 Å². The average Bonchev–Trinajstić information content (AvgIpc) is 3.33. The molecule has 0 bridgehead atoms. The zero-order chi connectivity index (χ0) is 31.0. The van der Waals surface area contributed by atoms with Crippen molar-refractivity contribution in [1.82, 2.24) is 34.3 Å². The summed E-state index contributed by atoms with van der Waals surface area (Å²) in [5, 5.41) is 7.50. The largest absolute Gasteiger partial charge is 0.428 e. The van der Waals surface area contributed by atoms with E-state index in [-0.39, 0.29) is 42.2 Å². The molecule has 0 atom stereocenters. The molecule has 0 unspecified atom stereocenters. The van der Waals surface area contributed by atoms with E-state index in [2.05, 4.69) is 26.2 Å². The maximum Gasteiger partial charge on any atom is 0.278 e. The number of aromatic amines is 2. The van der Waals surface area contributed by atoms with Gasteiger partial charge in [-0.1, -0.05) is 0 Å². The van der Waals surface area contributed by atoms with Gasteiger partial charge in [-0.2, -0.15) is 0 Å². The molecule has 224 valence electrons. The minimum atomic E-state index is -3.80. The summed E-state index contributed by atoms with van der Waals surface area (Å²) >= 11 is 0. The van der Waals surface area contributed by atoms with Crippen molar-refractivity contribution in [2.24, 2.45) is 4.99 Å². The van der Waals surface area contributed by atoms with Crippen molar-refractivity contribution in [3.63, 3.8) is 0 Å². The minimum Gasteiger partial charge on any atom is -0.428 e. The van der Waals surface area contributed by atoms with Gasteiger partial charge in [-0.15, -0.1) is 5.73 Å². The van der Waals surface area contributed by atoms with Gasteiger partial charge in [0.15, 0.2) is 6.40 Å². The lowest BCUT2D eigenvalue weighted by atomic mass is 10.2. The molecule has 41 heavy (non-hydrogen) atoms. The molecule has 2 heterocycles. The maximum atomic E-state index is 12.9. The summed E-state index contributed by atoms with van der Waals surface area (Å²) in [4.78, 5) is 65.4. The molecule has 0 aliphatic heterocycles. The second kappa shape index (κ2) is 13.6. The van der Waals surface area contributed by atoms with Crippen LogP contribution < -0.4 is 30.6 Å². The van der Waals surface area contributed by atoms with Gasteiger partial charge in [0.25, 0.3) is 17.0 Å². The Balaban J connectivity index is 2.42. The van der Waals surface area contributed by atoms with Crippen molar-refractivity contribution < 1.29 is 36.0 Å². The average molecular weight is 617 g/mol. The van der Waals surface area contributed by atoms with E-state index in [1.54, 1.807) is 9.44 Å². The summed E-state index contributed by atoms with van der Waals surface area (Å²) in [6.07, 6.45) is 4.09. The molecular formula is C21H28N8O10S2. The molecule has 0 spiro atoms. The third-order valence-corrected chi connectivity index (χ3v) is 6.05. The second-order valence-corrected chi connectivity index (χ2v) is 11.8. The highest BCUT2D eigenvalue weighted by Gasteiger charge is 2.19. The van der Waals surface area contributed by atoms with E-state index < -0.39 is 55.3 Å². The Morgan fingerprint density at radius 2 is 1.39 bits per heavy atom. The topological polar surface area (TPSA) is 253 Å². The number of nitrogens with one attached hydrogen (secondary N) is 5. The standard InChI is InChI=1S/C21H28N8O10S2/c1-22-12-39-19-14(21(34)29(25-19)11-9-16(31)27-41(4,37)38)7-5-6-13-17(18(32)23-2)24-28(20(13)33)10-8-15(30)26-40(3,35)36/h6-7,12,24-25H,8-11H2,1-4H3,(H,23,32)(H,26,30)(H,27,31). The smallest absolute Gasteiger partial charge is 0.278 e. The predicted octanol–water partition coefficient (Wildman–Crippen LogP) is -2.68. The van der Waals surface area contributed by atoms with Crippen molar-refractivity contribution >= 4 is 56.3 Å². The quantitative estimate of drug-likeness (QED) is 0.0885. The van der Waals surface area contributed by atoms with Gasteiger partial charge < -0.3 is 10.1 Å². The van der Waals surface area contributed by atoms with Crippen molar-refractivity contribution in [1.29, 1.82) is 0 Å². The molecule has 0 aliphatic carbocycles.